The molecular weight excluding hydrogens is 550 g/mol. The van der Waals surface area contributed by atoms with Gasteiger partial charge in [-0.05, 0) is 92.0 Å². The summed E-state index contributed by atoms with van der Waals surface area (Å²) in [5, 5.41) is 2.56. The van der Waals surface area contributed by atoms with Crippen molar-refractivity contribution < 1.29 is 14.3 Å². The van der Waals surface area contributed by atoms with Crippen LogP contribution in [0, 0.1) is 12.8 Å². The molecule has 0 aliphatic carbocycles. The van der Waals surface area contributed by atoms with Gasteiger partial charge in [-0.3, -0.25) is 29.0 Å². The summed E-state index contributed by atoms with van der Waals surface area (Å²) in [5.41, 5.74) is 1.47. The second-order valence-electron chi connectivity index (χ2n) is 10.6. The minimum absolute atomic E-state index is 0.0481. The summed E-state index contributed by atoms with van der Waals surface area (Å²) in [6, 6.07) is 19.8. The van der Waals surface area contributed by atoms with E-state index in [2.05, 4.69) is 17.1 Å². The van der Waals surface area contributed by atoms with Crippen LogP contribution in [0.25, 0.3) is 11.7 Å². The number of carbonyl (C=O) groups excluding carboxylic acids is 2. The number of aromatic nitrogens is 2. The highest BCUT2D eigenvalue weighted by Gasteiger charge is 2.35. The number of fused-ring (bicyclic) bond motifs is 1. The van der Waals surface area contributed by atoms with Gasteiger partial charge in [-0.2, -0.15) is 0 Å². The Morgan fingerprint density at radius 1 is 0.952 bits per heavy atom. The van der Waals surface area contributed by atoms with Crippen LogP contribution in [0.15, 0.2) is 83.3 Å². The SMILES string of the molecule is Cc1cccn2c(=O)c(/C=C3\C(=O)NC(=S)N(c4ccc(Oc5ccccc5)cc4)C3=O)c(N3CCC(C)CC3)nc12. The van der Waals surface area contributed by atoms with E-state index in [9.17, 15) is 14.4 Å². The summed E-state index contributed by atoms with van der Waals surface area (Å²) in [5.74, 6) is 0.986. The van der Waals surface area contributed by atoms with Crippen molar-refractivity contribution in [1.29, 1.82) is 0 Å². The van der Waals surface area contributed by atoms with Crippen molar-refractivity contribution in [2.45, 2.75) is 26.7 Å². The van der Waals surface area contributed by atoms with Crippen molar-refractivity contribution in [3.8, 4) is 11.5 Å². The van der Waals surface area contributed by atoms with Crippen molar-refractivity contribution >= 4 is 52.4 Å². The van der Waals surface area contributed by atoms with E-state index in [0.717, 1.165) is 31.5 Å². The van der Waals surface area contributed by atoms with Gasteiger partial charge in [0.1, 0.15) is 28.5 Å². The molecule has 1 N–H and O–H groups in total. The van der Waals surface area contributed by atoms with E-state index in [1.54, 1.807) is 36.5 Å². The maximum absolute atomic E-state index is 13.9. The number of benzene rings is 2. The second-order valence-corrected chi connectivity index (χ2v) is 11.0. The molecule has 2 aliphatic rings. The van der Waals surface area contributed by atoms with Gasteiger partial charge in [-0.1, -0.05) is 31.2 Å². The van der Waals surface area contributed by atoms with Crippen LogP contribution in [0.3, 0.4) is 0 Å². The number of nitrogens with one attached hydrogen (secondary N) is 1. The molecule has 0 atom stereocenters. The highest BCUT2D eigenvalue weighted by Crippen LogP contribution is 2.29. The monoisotopic (exact) mass is 579 g/mol. The van der Waals surface area contributed by atoms with Crippen LogP contribution in [0.1, 0.15) is 30.9 Å². The maximum atomic E-state index is 13.9. The first kappa shape index (κ1) is 27.3. The fourth-order valence-electron chi connectivity index (χ4n) is 5.21. The van der Waals surface area contributed by atoms with E-state index >= 15 is 0 Å². The first-order chi connectivity index (χ1) is 20.3. The molecule has 9 nitrogen and oxygen atoms in total. The maximum Gasteiger partial charge on any atom is 0.270 e. The lowest BCUT2D eigenvalue weighted by Crippen LogP contribution is -2.54. The zero-order valence-corrected chi connectivity index (χ0v) is 24.1. The fourth-order valence-corrected chi connectivity index (χ4v) is 5.49. The van der Waals surface area contributed by atoms with Gasteiger partial charge in [0.25, 0.3) is 17.4 Å². The van der Waals surface area contributed by atoms with Crippen LogP contribution in [0.2, 0.25) is 0 Å². The highest BCUT2D eigenvalue weighted by atomic mass is 32.1. The minimum atomic E-state index is -0.669. The summed E-state index contributed by atoms with van der Waals surface area (Å²) in [6.07, 6.45) is 4.91. The van der Waals surface area contributed by atoms with Crippen LogP contribution in [0.4, 0.5) is 11.5 Å². The number of amides is 2. The Bertz CT molecular complexity index is 1790. The molecule has 6 rings (SSSR count). The number of thiocarbonyl (C=S) groups is 1. The van der Waals surface area contributed by atoms with E-state index in [4.69, 9.17) is 21.9 Å². The first-order valence-corrected chi connectivity index (χ1v) is 14.2. The van der Waals surface area contributed by atoms with Gasteiger partial charge in [0.2, 0.25) is 0 Å². The number of piperidine rings is 1. The number of rotatable bonds is 5. The van der Waals surface area contributed by atoms with Gasteiger partial charge < -0.3 is 9.64 Å². The Balaban J connectivity index is 1.39. The predicted octanol–water partition coefficient (Wildman–Crippen LogP) is 4.86. The average molecular weight is 580 g/mol. The molecule has 10 heteroatoms. The number of hydrogen-bond donors (Lipinski definition) is 1. The normalized spacial score (nSPS) is 17.2. The summed E-state index contributed by atoms with van der Waals surface area (Å²) in [7, 11) is 0. The lowest BCUT2D eigenvalue weighted by molar-refractivity contribution is -0.122. The molecule has 2 amide bonds. The van der Waals surface area contributed by atoms with Crippen molar-refractivity contribution in [2.24, 2.45) is 5.92 Å². The van der Waals surface area contributed by atoms with E-state index in [0.29, 0.717) is 34.6 Å². The number of nitrogens with zero attached hydrogens (tertiary/aromatic N) is 4. The standard InChI is InChI=1S/C32H29N5O4S/c1-20-14-17-35(18-15-20)28-25(30(39)36-16-6-7-21(2)27(36)33-28)19-26-29(38)34-32(42)37(31(26)40)22-10-12-24(13-11-22)41-23-8-4-3-5-9-23/h3-13,16,19-20H,14-15,17-18H2,1-2H3,(H,34,38,42)/b26-19+. The third kappa shape index (κ3) is 5.16. The third-order valence-corrected chi connectivity index (χ3v) is 7.90. The van der Waals surface area contributed by atoms with E-state index < -0.39 is 11.8 Å². The van der Waals surface area contributed by atoms with Gasteiger partial charge >= 0.3 is 0 Å². The van der Waals surface area contributed by atoms with Crippen molar-refractivity contribution in [1.82, 2.24) is 14.7 Å². The molecule has 42 heavy (non-hydrogen) atoms. The summed E-state index contributed by atoms with van der Waals surface area (Å²) >= 11 is 5.39. The molecule has 212 valence electrons. The molecule has 0 radical (unpaired) electrons. The number of para-hydroxylation sites is 1. The van der Waals surface area contributed by atoms with E-state index in [1.807, 2.05) is 43.3 Å². The van der Waals surface area contributed by atoms with Crippen LogP contribution >= 0.6 is 12.2 Å². The quantitative estimate of drug-likeness (QED) is 0.205. The van der Waals surface area contributed by atoms with E-state index in [1.165, 1.54) is 15.4 Å². The molecule has 0 spiro atoms. The van der Waals surface area contributed by atoms with Gasteiger partial charge in [0.05, 0.1) is 11.3 Å². The molecule has 2 aromatic heterocycles. The van der Waals surface area contributed by atoms with Crippen LogP contribution in [-0.2, 0) is 9.59 Å². The molecule has 4 heterocycles. The zero-order chi connectivity index (χ0) is 29.4. The number of ether oxygens (including phenoxy) is 1. The third-order valence-electron chi connectivity index (χ3n) is 7.61. The number of anilines is 2. The van der Waals surface area contributed by atoms with E-state index in [-0.39, 0.29) is 21.8 Å². The van der Waals surface area contributed by atoms with Gasteiger partial charge in [-0.15, -0.1) is 0 Å². The lowest BCUT2D eigenvalue weighted by atomic mass is 9.98. The molecule has 0 unspecified atom stereocenters. The Kier molecular flexibility index (Phi) is 7.30. The summed E-state index contributed by atoms with van der Waals surface area (Å²) in [6.45, 7) is 5.55. The second kappa shape index (κ2) is 11.2. The van der Waals surface area contributed by atoms with Gasteiger partial charge in [-0.25, -0.2) is 4.98 Å². The number of carbonyl (C=O) groups is 2. The molecule has 0 bridgehead atoms. The van der Waals surface area contributed by atoms with Crippen LogP contribution < -0.4 is 25.4 Å². The molecule has 2 aromatic carbocycles. The molecule has 2 aliphatic heterocycles. The molecule has 2 fully saturated rings. The summed E-state index contributed by atoms with van der Waals surface area (Å²) < 4.78 is 7.31. The fraction of sp³-hybridized carbons (Fsp3) is 0.219. The zero-order valence-electron chi connectivity index (χ0n) is 23.2. The Morgan fingerprint density at radius 3 is 2.36 bits per heavy atom. The average Bonchev–Trinajstić information content (AvgIpc) is 2.98. The van der Waals surface area contributed by atoms with Gasteiger partial charge in [0.15, 0.2) is 5.11 Å². The van der Waals surface area contributed by atoms with Crippen LogP contribution in [0.5, 0.6) is 11.5 Å². The predicted molar refractivity (Wildman–Crippen MR) is 166 cm³/mol. The molecule has 2 saturated heterocycles. The smallest absolute Gasteiger partial charge is 0.270 e. The molecule has 4 aromatic rings. The number of pyridine rings is 1. The summed E-state index contributed by atoms with van der Waals surface area (Å²) in [4.78, 5) is 49.0. The largest absolute Gasteiger partial charge is 0.457 e. The van der Waals surface area contributed by atoms with Crippen molar-refractivity contribution in [3.63, 3.8) is 0 Å². The highest BCUT2D eigenvalue weighted by molar-refractivity contribution is 7.80. The number of hydrogen-bond acceptors (Lipinski definition) is 7. The lowest BCUT2D eigenvalue weighted by Gasteiger charge is -2.32. The van der Waals surface area contributed by atoms with Crippen molar-refractivity contribution in [2.75, 3.05) is 22.9 Å². The minimum Gasteiger partial charge on any atom is -0.457 e. The first-order valence-electron chi connectivity index (χ1n) is 13.8. The Morgan fingerprint density at radius 2 is 1.64 bits per heavy atom. The Labute approximate surface area is 248 Å². The Hall–Kier alpha value is -4.83. The molecular formula is C32H29N5O4S. The van der Waals surface area contributed by atoms with Crippen LogP contribution in [-0.4, -0.2) is 39.4 Å². The molecule has 0 saturated carbocycles. The van der Waals surface area contributed by atoms with Crippen molar-refractivity contribution in [3.05, 3.63) is 100.0 Å². The van der Waals surface area contributed by atoms with Gasteiger partial charge in [0, 0.05) is 19.3 Å². The number of aryl methyl sites for hydroxylation is 1. The topological polar surface area (TPSA) is 96.2 Å².